The molecule has 1 aliphatic rings. The van der Waals surface area contributed by atoms with Gasteiger partial charge in [-0.25, -0.2) is 0 Å². The highest BCUT2D eigenvalue weighted by atomic mass is 16.5. The van der Waals surface area contributed by atoms with Gasteiger partial charge in [-0.05, 0) is 37.6 Å². The van der Waals surface area contributed by atoms with Gasteiger partial charge in [0.05, 0.1) is 30.8 Å². The van der Waals surface area contributed by atoms with Crippen LogP contribution in [0, 0.1) is 18.3 Å². The number of carbonyl (C=O) groups is 1. The molecule has 1 saturated heterocycles. The van der Waals surface area contributed by atoms with Crippen LogP contribution in [0.3, 0.4) is 0 Å². The molecule has 1 amide bonds. The third-order valence-corrected chi connectivity index (χ3v) is 4.38. The van der Waals surface area contributed by atoms with Gasteiger partial charge in [-0.2, -0.15) is 5.26 Å². The van der Waals surface area contributed by atoms with Crippen LogP contribution < -0.4 is 0 Å². The van der Waals surface area contributed by atoms with Crippen molar-refractivity contribution in [3.05, 3.63) is 70.8 Å². The number of rotatable bonds is 2. The first-order valence-electron chi connectivity index (χ1n) is 8.08. The van der Waals surface area contributed by atoms with E-state index in [1.807, 2.05) is 18.7 Å². The number of nitriles is 1. The molecule has 2 unspecified atom stereocenters. The van der Waals surface area contributed by atoms with Crippen LogP contribution in [0.25, 0.3) is 0 Å². The Morgan fingerprint density at radius 2 is 2.00 bits per heavy atom. The number of hydrogen-bond donors (Lipinski definition) is 0. The third-order valence-electron chi connectivity index (χ3n) is 4.38. The highest BCUT2D eigenvalue weighted by Crippen LogP contribution is 2.26. The molecule has 2 aromatic rings. The molecule has 0 aromatic heterocycles. The van der Waals surface area contributed by atoms with Crippen molar-refractivity contribution in [3.8, 4) is 6.07 Å². The highest BCUT2D eigenvalue weighted by Gasteiger charge is 2.31. The van der Waals surface area contributed by atoms with Gasteiger partial charge in [0.15, 0.2) is 0 Å². The minimum Gasteiger partial charge on any atom is -0.370 e. The molecular weight excluding hydrogens is 300 g/mol. The Morgan fingerprint density at radius 1 is 1.25 bits per heavy atom. The van der Waals surface area contributed by atoms with Crippen molar-refractivity contribution >= 4 is 5.91 Å². The van der Waals surface area contributed by atoms with Crippen LogP contribution >= 0.6 is 0 Å². The maximum Gasteiger partial charge on any atom is 0.254 e. The largest absolute Gasteiger partial charge is 0.370 e. The Kier molecular flexibility index (Phi) is 4.64. The Balaban J connectivity index is 1.82. The van der Waals surface area contributed by atoms with E-state index in [1.54, 1.807) is 24.3 Å². The number of benzene rings is 2. The SMILES string of the molecule is Cc1ccc(C2CN(C(=O)c3cccc(C#N)c3)C(C)CO2)cc1. The van der Waals surface area contributed by atoms with Crippen LogP contribution in [0.1, 0.15) is 40.1 Å². The number of hydrogen-bond acceptors (Lipinski definition) is 3. The molecule has 0 radical (unpaired) electrons. The monoisotopic (exact) mass is 320 g/mol. The Morgan fingerprint density at radius 3 is 2.71 bits per heavy atom. The van der Waals surface area contributed by atoms with Gasteiger partial charge in [0, 0.05) is 5.56 Å². The van der Waals surface area contributed by atoms with Crippen molar-refractivity contribution in [3.63, 3.8) is 0 Å². The molecule has 0 aliphatic carbocycles. The van der Waals surface area contributed by atoms with E-state index in [0.29, 0.717) is 24.3 Å². The Bertz CT molecular complexity index is 777. The second kappa shape index (κ2) is 6.86. The van der Waals surface area contributed by atoms with E-state index in [-0.39, 0.29) is 18.1 Å². The van der Waals surface area contributed by atoms with E-state index in [9.17, 15) is 4.79 Å². The van der Waals surface area contributed by atoms with Gasteiger partial charge in [-0.15, -0.1) is 0 Å². The highest BCUT2D eigenvalue weighted by molar-refractivity contribution is 5.94. The zero-order valence-electron chi connectivity index (χ0n) is 13.9. The van der Waals surface area contributed by atoms with E-state index < -0.39 is 0 Å². The lowest BCUT2D eigenvalue weighted by atomic mass is 10.0. The number of nitrogens with zero attached hydrogens (tertiary/aromatic N) is 2. The zero-order valence-corrected chi connectivity index (χ0v) is 13.9. The van der Waals surface area contributed by atoms with Gasteiger partial charge in [-0.3, -0.25) is 4.79 Å². The standard InChI is InChI=1S/C20H20N2O2/c1-14-6-8-17(9-7-14)19-12-22(15(2)13-24-19)20(23)18-5-3-4-16(10-18)11-21/h3-10,15,19H,12-13H2,1-2H3. The van der Waals surface area contributed by atoms with Crippen molar-refractivity contribution in [2.45, 2.75) is 26.0 Å². The normalized spacial score (nSPS) is 20.5. The maximum atomic E-state index is 12.9. The number of amides is 1. The molecule has 1 fully saturated rings. The van der Waals surface area contributed by atoms with E-state index >= 15 is 0 Å². The van der Waals surface area contributed by atoms with Crippen LogP contribution in [0.15, 0.2) is 48.5 Å². The van der Waals surface area contributed by atoms with Gasteiger partial charge in [0.1, 0.15) is 6.10 Å². The average molecular weight is 320 g/mol. The van der Waals surface area contributed by atoms with Gasteiger partial charge in [0.2, 0.25) is 0 Å². The van der Waals surface area contributed by atoms with Crippen molar-refractivity contribution in [1.29, 1.82) is 5.26 Å². The van der Waals surface area contributed by atoms with Crippen molar-refractivity contribution in [2.75, 3.05) is 13.2 Å². The predicted octanol–water partition coefficient (Wildman–Crippen LogP) is 3.47. The minimum atomic E-state index is -0.120. The average Bonchev–Trinajstić information content (AvgIpc) is 2.62. The first-order chi connectivity index (χ1) is 11.6. The van der Waals surface area contributed by atoms with Crippen molar-refractivity contribution in [1.82, 2.24) is 4.90 Å². The molecule has 0 bridgehead atoms. The van der Waals surface area contributed by atoms with E-state index in [1.165, 1.54) is 5.56 Å². The van der Waals surface area contributed by atoms with Gasteiger partial charge in [0.25, 0.3) is 5.91 Å². The fourth-order valence-electron chi connectivity index (χ4n) is 2.91. The molecule has 0 saturated carbocycles. The number of morpholine rings is 1. The maximum absolute atomic E-state index is 12.9. The van der Waals surface area contributed by atoms with E-state index in [0.717, 1.165) is 5.56 Å². The molecule has 3 rings (SSSR count). The van der Waals surface area contributed by atoms with Crippen LogP contribution in [0.2, 0.25) is 0 Å². The molecule has 2 atom stereocenters. The van der Waals surface area contributed by atoms with Crippen LogP contribution in [0.5, 0.6) is 0 Å². The van der Waals surface area contributed by atoms with Gasteiger partial charge >= 0.3 is 0 Å². The zero-order chi connectivity index (χ0) is 17.1. The number of ether oxygens (including phenoxy) is 1. The summed E-state index contributed by atoms with van der Waals surface area (Å²) in [4.78, 5) is 14.7. The first kappa shape index (κ1) is 16.2. The lowest BCUT2D eigenvalue weighted by molar-refractivity contribution is -0.0486. The summed E-state index contributed by atoms with van der Waals surface area (Å²) in [5.74, 6) is -0.0555. The second-order valence-electron chi connectivity index (χ2n) is 6.23. The van der Waals surface area contributed by atoms with Crippen molar-refractivity contribution < 1.29 is 9.53 Å². The molecular formula is C20H20N2O2. The summed E-state index contributed by atoms with van der Waals surface area (Å²) in [5, 5.41) is 9.02. The summed E-state index contributed by atoms with van der Waals surface area (Å²) in [5.41, 5.74) is 3.32. The molecule has 4 heteroatoms. The summed E-state index contributed by atoms with van der Waals surface area (Å²) >= 11 is 0. The minimum absolute atomic E-state index is 0.00457. The number of aryl methyl sites for hydroxylation is 1. The summed E-state index contributed by atoms with van der Waals surface area (Å²) < 4.78 is 5.93. The third kappa shape index (κ3) is 3.32. The molecule has 4 nitrogen and oxygen atoms in total. The van der Waals surface area contributed by atoms with Crippen molar-refractivity contribution in [2.24, 2.45) is 0 Å². The molecule has 122 valence electrons. The van der Waals surface area contributed by atoms with Crippen LogP contribution in [0.4, 0.5) is 0 Å². The number of carbonyl (C=O) groups excluding carboxylic acids is 1. The Hall–Kier alpha value is -2.64. The quantitative estimate of drug-likeness (QED) is 0.851. The summed E-state index contributed by atoms with van der Waals surface area (Å²) in [6, 6.07) is 17.1. The molecule has 1 heterocycles. The van der Waals surface area contributed by atoms with E-state index in [4.69, 9.17) is 10.00 Å². The van der Waals surface area contributed by atoms with Gasteiger partial charge in [-0.1, -0.05) is 35.9 Å². The summed E-state index contributed by atoms with van der Waals surface area (Å²) in [6.07, 6.45) is -0.120. The summed E-state index contributed by atoms with van der Waals surface area (Å²) in [7, 11) is 0. The summed E-state index contributed by atoms with van der Waals surface area (Å²) in [6.45, 7) is 5.05. The smallest absolute Gasteiger partial charge is 0.254 e. The molecule has 2 aromatic carbocycles. The fourth-order valence-corrected chi connectivity index (χ4v) is 2.91. The fraction of sp³-hybridized carbons (Fsp3) is 0.300. The second-order valence-corrected chi connectivity index (χ2v) is 6.23. The van der Waals surface area contributed by atoms with Crippen LogP contribution in [-0.2, 0) is 4.74 Å². The topological polar surface area (TPSA) is 53.3 Å². The lowest BCUT2D eigenvalue weighted by Gasteiger charge is -2.38. The van der Waals surface area contributed by atoms with Gasteiger partial charge < -0.3 is 9.64 Å². The Labute approximate surface area is 142 Å². The van der Waals surface area contributed by atoms with Crippen LogP contribution in [-0.4, -0.2) is 30.0 Å². The lowest BCUT2D eigenvalue weighted by Crippen LogP contribution is -2.48. The predicted molar refractivity (Wildman–Crippen MR) is 91.5 cm³/mol. The molecule has 0 N–H and O–H groups in total. The first-order valence-corrected chi connectivity index (χ1v) is 8.08. The molecule has 1 aliphatic heterocycles. The van der Waals surface area contributed by atoms with E-state index in [2.05, 4.69) is 30.3 Å². The molecule has 24 heavy (non-hydrogen) atoms. The molecule has 0 spiro atoms.